The number of carbonyl (C=O) groups excluding carboxylic acids is 2. The second-order valence-corrected chi connectivity index (χ2v) is 10.0. The molecule has 1 saturated heterocycles. The monoisotopic (exact) mass is 480 g/mol. The summed E-state index contributed by atoms with van der Waals surface area (Å²) in [7, 11) is 0. The zero-order chi connectivity index (χ0) is 25.2. The van der Waals surface area contributed by atoms with E-state index in [0.717, 1.165) is 55.7 Å². The third-order valence-electron chi connectivity index (χ3n) is 6.21. The van der Waals surface area contributed by atoms with Crippen molar-refractivity contribution in [3.05, 3.63) is 57.6 Å². The Morgan fingerprint density at radius 2 is 1.74 bits per heavy atom. The van der Waals surface area contributed by atoms with Gasteiger partial charge in [-0.2, -0.15) is 0 Å². The standard InChI is InChI=1S/C26H32N4O5/c1-26(2,3)35-25(32)29-15-7-8-18-16-19(9-11-22(18)29)27-24(31)21-17-20(10-12-23(21)30(33)34)28-13-5-4-6-14-28/h9-12,16-17H,4-8,13-15H2,1-3H3,(H,27,31). The lowest BCUT2D eigenvalue weighted by Gasteiger charge is -2.32. The number of fused-ring (bicyclic) bond motifs is 1. The molecule has 186 valence electrons. The third-order valence-corrected chi connectivity index (χ3v) is 6.21. The van der Waals surface area contributed by atoms with Gasteiger partial charge in [-0.1, -0.05) is 0 Å². The average molecular weight is 481 g/mol. The minimum Gasteiger partial charge on any atom is -0.443 e. The summed E-state index contributed by atoms with van der Waals surface area (Å²) in [6, 6.07) is 10.0. The average Bonchev–Trinajstić information content (AvgIpc) is 2.82. The van der Waals surface area contributed by atoms with E-state index in [1.807, 2.05) is 26.8 Å². The quantitative estimate of drug-likeness (QED) is 0.456. The molecule has 0 bridgehead atoms. The predicted octanol–water partition coefficient (Wildman–Crippen LogP) is 5.53. The number of hydrogen-bond acceptors (Lipinski definition) is 6. The van der Waals surface area contributed by atoms with E-state index in [-0.39, 0.29) is 11.3 Å². The SMILES string of the molecule is CC(C)(C)OC(=O)N1CCCc2cc(NC(=O)c3cc(N4CCCCC4)ccc3[N+](=O)[O-])ccc21. The summed E-state index contributed by atoms with van der Waals surface area (Å²) >= 11 is 0. The van der Waals surface area contributed by atoms with E-state index in [0.29, 0.717) is 12.2 Å². The second-order valence-electron chi connectivity index (χ2n) is 10.0. The number of benzene rings is 2. The summed E-state index contributed by atoms with van der Waals surface area (Å²) < 4.78 is 5.53. The van der Waals surface area contributed by atoms with Gasteiger partial charge in [0.15, 0.2) is 0 Å². The molecular formula is C26H32N4O5. The molecule has 9 heteroatoms. The van der Waals surface area contributed by atoms with Crippen LogP contribution in [0, 0.1) is 10.1 Å². The fourth-order valence-corrected chi connectivity index (χ4v) is 4.59. The molecule has 0 aliphatic carbocycles. The Bertz CT molecular complexity index is 1140. The number of aryl methyl sites for hydroxylation is 1. The number of hydrogen-bond donors (Lipinski definition) is 1. The molecule has 9 nitrogen and oxygen atoms in total. The lowest BCUT2D eigenvalue weighted by molar-refractivity contribution is -0.385. The van der Waals surface area contributed by atoms with Crippen LogP contribution in [-0.2, 0) is 11.2 Å². The van der Waals surface area contributed by atoms with Crippen molar-refractivity contribution in [2.75, 3.05) is 34.8 Å². The predicted molar refractivity (Wildman–Crippen MR) is 135 cm³/mol. The molecule has 35 heavy (non-hydrogen) atoms. The van der Waals surface area contributed by atoms with Crippen molar-refractivity contribution in [1.82, 2.24) is 0 Å². The van der Waals surface area contributed by atoms with Gasteiger partial charge in [0.25, 0.3) is 11.6 Å². The molecule has 0 aromatic heterocycles. The molecule has 2 aromatic rings. The number of nitrogens with zero attached hydrogens (tertiary/aromatic N) is 3. The lowest BCUT2D eigenvalue weighted by Crippen LogP contribution is -2.39. The number of rotatable bonds is 4. The highest BCUT2D eigenvalue weighted by Gasteiger charge is 2.28. The third kappa shape index (κ3) is 5.72. The highest BCUT2D eigenvalue weighted by molar-refractivity contribution is 6.08. The molecule has 0 saturated carbocycles. The normalized spacial score (nSPS) is 15.9. The Labute approximate surface area is 205 Å². The Balaban J connectivity index is 1.56. The summed E-state index contributed by atoms with van der Waals surface area (Å²) in [5.41, 5.74) is 2.22. The lowest BCUT2D eigenvalue weighted by atomic mass is 10.0. The molecule has 0 spiro atoms. The van der Waals surface area contributed by atoms with Crippen LogP contribution in [0.25, 0.3) is 0 Å². The van der Waals surface area contributed by atoms with Crippen molar-refractivity contribution in [3.63, 3.8) is 0 Å². The molecule has 0 atom stereocenters. The van der Waals surface area contributed by atoms with Crippen molar-refractivity contribution in [2.24, 2.45) is 0 Å². The van der Waals surface area contributed by atoms with Gasteiger partial charge in [0.2, 0.25) is 0 Å². The molecule has 2 heterocycles. The molecule has 4 rings (SSSR count). The van der Waals surface area contributed by atoms with Crippen LogP contribution in [0.15, 0.2) is 36.4 Å². The number of amides is 2. The number of nitro benzene ring substituents is 1. The van der Waals surface area contributed by atoms with Crippen molar-refractivity contribution >= 4 is 34.7 Å². The maximum atomic E-state index is 13.2. The zero-order valence-electron chi connectivity index (χ0n) is 20.5. The molecule has 2 amide bonds. The molecule has 2 aromatic carbocycles. The van der Waals surface area contributed by atoms with E-state index in [1.54, 1.807) is 29.2 Å². The highest BCUT2D eigenvalue weighted by Crippen LogP contribution is 2.32. The van der Waals surface area contributed by atoms with Gasteiger partial charge >= 0.3 is 6.09 Å². The van der Waals surface area contributed by atoms with Gasteiger partial charge in [0, 0.05) is 37.1 Å². The fourth-order valence-electron chi connectivity index (χ4n) is 4.59. The van der Waals surface area contributed by atoms with E-state index < -0.39 is 22.5 Å². The minimum atomic E-state index is -0.597. The van der Waals surface area contributed by atoms with E-state index in [1.165, 1.54) is 12.5 Å². The van der Waals surface area contributed by atoms with Gasteiger partial charge in [-0.05, 0) is 88.8 Å². The molecule has 0 radical (unpaired) electrons. The first kappa shape index (κ1) is 24.5. The summed E-state index contributed by atoms with van der Waals surface area (Å²) in [6.07, 6.45) is 4.42. The number of ether oxygens (including phenoxy) is 1. The molecule has 1 N–H and O–H groups in total. The Kier molecular flexibility index (Phi) is 6.95. The van der Waals surface area contributed by atoms with Crippen LogP contribution < -0.4 is 15.1 Å². The number of anilines is 3. The number of nitro groups is 1. The highest BCUT2D eigenvalue weighted by atomic mass is 16.6. The summed E-state index contributed by atoms with van der Waals surface area (Å²) in [4.78, 5) is 40.7. The Morgan fingerprint density at radius 3 is 2.43 bits per heavy atom. The van der Waals surface area contributed by atoms with Gasteiger partial charge in [-0.25, -0.2) is 4.79 Å². The topological polar surface area (TPSA) is 105 Å². The first-order valence-corrected chi connectivity index (χ1v) is 12.1. The first-order valence-electron chi connectivity index (χ1n) is 12.1. The Morgan fingerprint density at radius 1 is 1.00 bits per heavy atom. The van der Waals surface area contributed by atoms with Crippen LogP contribution in [0.2, 0.25) is 0 Å². The molecular weight excluding hydrogens is 448 g/mol. The molecule has 0 unspecified atom stereocenters. The van der Waals surface area contributed by atoms with Crippen LogP contribution >= 0.6 is 0 Å². The number of nitrogens with one attached hydrogen (secondary N) is 1. The van der Waals surface area contributed by atoms with Gasteiger partial charge in [0.1, 0.15) is 11.2 Å². The molecule has 2 aliphatic heterocycles. The summed E-state index contributed by atoms with van der Waals surface area (Å²) in [5.74, 6) is -0.532. The van der Waals surface area contributed by atoms with E-state index in [9.17, 15) is 19.7 Å². The maximum absolute atomic E-state index is 13.2. The van der Waals surface area contributed by atoms with E-state index in [4.69, 9.17) is 4.74 Å². The summed E-state index contributed by atoms with van der Waals surface area (Å²) in [5, 5.41) is 14.4. The smallest absolute Gasteiger partial charge is 0.414 e. The molecule has 2 aliphatic rings. The van der Waals surface area contributed by atoms with Crippen LogP contribution in [0.3, 0.4) is 0 Å². The van der Waals surface area contributed by atoms with Crippen molar-refractivity contribution in [2.45, 2.75) is 58.5 Å². The van der Waals surface area contributed by atoms with Gasteiger partial charge in [-0.15, -0.1) is 0 Å². The van der Waals surface area contributed by atoms with Crippen LogP contribution in [-0.4, -0.2) is 42.2 Å². The van der Waals surface area contributed by atoms with Gasteiger partial charge < -0.3 is 15.0 Å². The van der Waals surface area contributed by atoms with E-state index in [2.05, 4.69) is 10.2 Å². The summed E-state index contributed by atoms with van der Waals surface area (Å²) in [6.45, 7) is 7.79. The zero-order valence-corrected chi connectivity index (χ0v) is 20.5. The van der Waals surface area contributed by atoms with Crippen molar-refractivity contribution in [1.29, 1.82) is 0 Å². The van der Waals surface area contributed by atoms with Gasteiger partial charge in [0.05, 0.1) is 10.6 Å². The van der Waals surface area contributed by atoms with E-state index >= 15 is 0 Å². The second kappa shape index (κ2) is 9.93. The van der Waals surface area contributed by atoms with Gasteiger partial charge in [-0.3, -0.25) is 19.8 Å². The molecule has 1 fully saturated rings. The maximum Gasteiger partial charge on any atom is 0.414 e. The van der Waals surface area contributed by atoms with Crippen molar-refractivity contribution < 1.29 is 19.2 Å². The van der Waals surface area contributed by atoms with Crippen LogP contribution in [0.5, 0.6) is 0 Å². The number of piperidine rings is 1. The van der Waals surface area contributed by atoms with Crippen LogP contribution in [0.1, 0.15) is 62.4 Å². The van der Waals surface area contributed by atoms with Crippen LogP contribution in [0.4, 0.5) is 27.5 Å². The largest absolute Gasteiger partial charge is 0.443 e. The fraction of sp³-hybridized carbons (Fsp3) is 0.462. The first-order chi connectivity index (χ1) is 16.6. The van der Waals surface area contributed by atoms with Crippen molar-refractivity contribution in [3.8, 4) is 0 Å². The number of carbonyl (C=O) groups is 2. The minimum absolute atomic E-state index is 0.0335. The Hall–Kier alpha value is -3.62.